The highest BCUT2D eigenvalue weighted by atomic mass is 32.2. The first kappa shape index (κ1) is 36.3. The number of rotatable bonds is 11. The van der Waals surface area contributed by atoms with Gasteiger partial charge in [0.05, 0.1) is 46.9 Å². The van der Waals surface area contributed by atoms with Crippen LogP contribution in [0.5, 0.6) is 23.0 Å². The van der Waals surface area contributed by atoms with Crippen LogP contribution >= 0.6 is 0 Å². The number of ether oxygens (including phenoxy) is 5. The van der Waals surface area contributed by atoms with Crippen molar-refractivity contribution in [1.82, 2.24) is 0 Å². The zero-order valence-corrected chi connectivity index (χ0v) is 29.0. The Morgan fingerprint density at radius 1 is 0.792 bits per heavy atom. The van der Waals surface area contributed by atoms with E-state index in [9.17, 15) is 17.8 Å². The summed E-state index contributed by atoms with van der Waals surface area (Å²) in [5.41, 5.74) is 4.41. The van der Waals surface area contributed by atoms with Crippen molar-refractivity contribution in [3.8, 4) is 23.0 Å². The fourth-order valence-electron chi connectivity index (χ4n) is 5.99. The van der Waals surface area contributed by atoms with Gasteiger partial charge in [-0.1, -0.05) is 54.6 Å². The lowest BCUT2D eigenvalue weighted by molar-refractivity contribution is -0.954. The fraction of sp³-hybridized carbons (Fsp3) is 0.324. The minimum atomic E-state index is -4.25. The molecule has 3 atom stereocenters. The molecule has 1 aliphatic heterocycles. The molecule has 4 aromatic carbocycles. The maximum absolute atomic E-state index is 13.4. The number of nitrogens with zero attached hydrogens (tertiary/aromatic N) is 1. The van der Waals surface area contributed by atoms with Crippen LogP contribution in [0.3, 0.4) is 0 Å². The molecule has 1 aliphatic rings. The lowest BCUT2D eigenvalue weighted by Crippen LogP contribution is -2.60. The van der Waals surface area contributed by atoms with Crippen LogP contribution in [0.25, 0.3) is 0 Å². The molecule has 256 valence electrons. The number of benzene rings is 4. The van der Waals surface area contributed by atoms with Crippen LogP contribution in [0.1, 0.15) is 35.2 Å². The molecule has 1 heterocycles. The van der Waals surface area contributed by atoms with E-state index in [1.165, 1.54) is 29.8 Å². The summed E-state index contributed by atoms with van der Waals surface area (Å²) < 4.78 is 59.4. The second kappa shape index (κ2) is 16.0. The number of quaternary nitrogens is 1. The van der Waals surface area contributed by atoms with Crippen LogP contribution < -0.4 is 18.9 Å². The molecule has 0 radical (unpaired) electrons. The highest BCUT2D eigenvalue weighted by Gasteiger charge is 2.46. The molecule has 0 saturated heterocycles. The Balaban J connectivity index is 0.000000445. The molecule has 4 aromatic rings. The van der Waals surface area contributed by atoms with Gasteiger partial charge in [0.2, 0.25) is 0 Å². The van der Waals surface area contributed by atoms with Crippen molar-refractivity contribution < 1.29 is 45.9 Å². The summed E-state index contributed by atoms with van der Waals surface area (Å²) in [7, 11) is 4.47. The molecule has 48 heavy (non-hydrogen) atoms. The lowest BCUT2D eigenvalue weighted by Gasteiger charge is -2.48. The third-order valence-electron chi connectivity index (χ3n) is 8.94. The number of hydrogen-bond donors (Lipinski definition) is 0. The molecule has 0 aliphatic carbocycles. The van der Waals surface area contributed by atoms with E-state index >= 15 is 0 Å². The normalized spacial score (nSPS) is 17.5. The van der Waals surface area contributed by atoms with Crippen LogP contribution in [0, 0.1) is 0 Å². The summed E-state index contributed by atoms with van der Waals surface area (Å²) in [6.07, 6.45) is 1.50. The number of carbonyl (C=O) groups is 1. The Morgan fingerprint density at radius 2 is 1.35 bits per heavy atom. The summed E-state index contributed by atoms with van der Waals surface area (Å²) in [5, 5.41) is 0. The lowest BCUT2D eigenvalue weighted by atomic mass is 9.85. The first-order valence-electron chi connectivity index (χ1n) is 15.5. The van der Waals surface area contributed by atoms with E-state index in [4.69, 9.17) is 23.7 Å². The van der Waals surface area contributed by atoms with Crippen LogP contribution in [-0.2, 0) is 39.1 Å². The predicted molar refractivity (Wildman–Crippen MR) is 180 cm³/mol. The van der Waals surface area contributed by atoms with Crippen molar-refractivity contribution in [3.05, 3.63) is 113 Å². The van der Waals surface area contributed by atoms with E-state index in [-0.39, 0.29) is 29.6 Å². The monoisotopic (exact) mass is 677 g/mol. The van der Waals surface area contributed by atoms with Gasteiger partial charge in [0.25, 0.3) is 0 Å². The SMILES string of the molecule is COc1ccc(CC2c3cc(OC)c(OC)cc3CC[N+]2(C)C(C)C(=O)OCc2ccccc2)cc1OC.O=S(=O)([O-])c1ccccc1. The Hall–Kier alpha value is -4.58. The molecule has 0 bridgehead atoms. The predicted octanol–water partition coefficient (Wildman–Crippen LogP) is 5.73. The minimum absolute atomic E-state index is 0.0315. The van der Waals surface area contributed by atoms with E-state index < -0.39 is 10.1 Å². The zero-order chi connectivity index (χ0) is 34.9. The first-order chi connectivity index (χ1) is 22.9. The molecule has 0 aromatic heterocycles. The Bertz CT molecular complexity index is 1780. The number of hydrogen-bond acceptors (Lipinski definition) is 9. The van der Waals surface area contributed by atoms with E-state index in [0.717, 1.165) is 29.7 Å². The van der Waals surface area contributed by atoms with Gasteiger partial charge in [0.1, 0.15) is 22.8 Å². The van der Waals surface area contributed by atoms with E-state index in [0.29, 0.717) is 33.9 Å². The number of carbonyl (C=O) groups excluding carboxylic acids is 1. The van der Waals surface area contributed by atoms with Crippen molar-refractivity contribution in [1.29, 1.82) is 0 Å². The van der Waals surface area contributed by atoms with Gasteiger partial charge in [0, 0.05) is 18.4 Å². The highest BCUT2D eigenvalue weighted by molar-refractivity contribution is 7.85. The summed E-state index contributed by atoms with van der Waals surface area (Å²) in [6, 6.07) is 26.7. The Labute approximate surface area is 283 Å². The third kappa shape index (κ3) is 8.46. The molecule has 0 fully saturated rings. The van der Waals surface area contributed by atoms with E-state index in [1.807, 2.05) is 49.4 Å². The average Bonchev–Trinajstić information content (AvgIpc) is 3.11. The molecule has 0 N–H and O–H groups in total. The van der Waals surface area contributed by atoms with E-state index in [2.05, 4.69) is 25.2 Å². The molecule has 0 saturated carbocycles. The second-order valence-electron chi connectivity index (χ2n) is 11.7. The largest absolute Gasteiger partial charge is 0.744 e. The standard InChI is InChI=1S/C31H38NO6.C6H6O3S/c1-21(31(33)38-20-22-10-8-7-9-11-22)32(2)15-14-24-18-29(36-5)30(37-6)19-25(24)26(32)16-23-12-13-27(34-3)28(17-23)35-4;7-10(8,9)6-4-2-1-3-5-6/h7-13,17-19,21,26H,14-16,20H2,1-6H3;1-5H,(H,7,8,9)/q+1;/p-1. The molecule has 5 rings (SSSR count). The van der Waals surface area contributed by atoms with Crippen LogP contribution in [0.2, 0.25) is 0 Å². The van der Waals surface area contributed by atoms with Crippen LogP contribution in [0.15, 0.2) is 95.9 Å². The van der Waals surface area contributed by atoms with Gasteiger partial charge in [0.15, 0.2) is 29.0 Å². The van der Waals surface area contributed by atoms with Crippen molar-refractivity contribution in [2.45, 2.75) is 43.4 Å². The molecule has 0 amide bonds. The van der Waals surface area contributed by atoms with Gasteiger partial charge in [-0.05, 0) is 60.0 Å². The summed E-state index contributed by atoms with van der Waals surface area (Å²) >= 11 is 0. The summed E-state index contributed by atoms with van der Waals surface area (Å²) in [5.74, 6) is 2.54. The first-order valence-corrected chi connectivity index (χ1v) is 16.9. The van der Waals surface area contributed by atoms with Gasteiger partial charge in [-0.2, -0.15) is 0 Å². The van der Waals surface area contributed by atoms with Crippen molar-refractivity contribution in [2.75, 3.05) is 42.0 Å². The highest BCUT2D eigenvalue weighted by Crippen LogP contribution is 2.44. The van der Waals surface area contributed by atoms with Gasteiger partial charge in [-0.3, -0.25) is 0 Å². The maximum Gasteiger partial charge on any atom is 0.365 e. The van der Waals surface area contributed by atoms with Gasteiger partial charge in [-0.15, -0.1) is 0 Å². The fourth-order valence-corrected chi connectivity index (χ4v) is 6.48. The third-order valence-corrected chi connectivity index (χ3v) is 9.79. The molecule has 11 heteroatoms. The minimum Gasteiger partial charge on any atom is -0.744 e. The van der Waals surface area contributed by atoms with Crippen molar-refractivity contribution in [2.24, 2.45) is 0 Å². The molecule has 0 spiro atoms. The maximum atomic E-state index is 13.4. The number of likely N-dealkylation sites (N-methyl/N-ethyl adjacent to an activating group) is 1. The van der Waals surface area contributed by atoms with Gasteiger partial charge >= 0.3 is 5.97 Å². The number of esters is 1. The average molecular weight is 678 g/mol. The van der Waals surface area contributed by atoms with Crippen molar-refractivity contribution in [3.63, 3.8) is 0 Å². The molecule has 10 nitrogen and oxygen atoms in total. The smallest absolute Gasteiger partial charge is 0.365 e. The molecular formula is C37H43NO9S. The van der Waals surface area contributed by atoms with Gasteiger partial charge < -0.3 is 32.7 Å². The molecular weight excluding hydrogens is 634 g/mol. The van der Waals surface area contributed by atoms with E-state index in [1.54, 1.807) is 34.5 Å². The zero-order valence-electron chi connectivity index (χ0n) is 28.2. The van der Waals surface area contributed by atoms with Crippen molar-refractivity contribution >= 4 is 16.1 Å². The number of fused-ring (bicyclic) bond motifs is 1. The second-order valence-corrected chi connectivity index (χ2v) is 13.1. The Kier molecular flexibility index (Phi) is 12.1. The summed E-state index contributed by atoms with van der Waals surface area (Å²) in [6.45, 7) is 3.01. The number of methoxy groups -OCH3 is 4. The Morgan fingerprint density at radius 3 is 1.92 bits per heavy atom. The topological polar surface area (TPSA) is 120 Å². The quantitative estimate of drug-likeness (QED) is 0.111. The van der Waals surface area contributed by atoms with Crippen LogP contribution in [0.4, 0.5) is 0 Å². The molecule has 3 unspecified atom stereocenters. The van der Waals surface area contributed by atoms with Crippen LogP contribution in [-0.4, -0.2) is 71.5 Å². The summed E-state index contributed by atoms with van der Waals surface area (Å²) in [4.78, 5) is 13.2. The van der Waals surface area contributed by atoms with Gasteiger partial charge in [-0.25, -0.2) is 13.2 Å².